The topological polar surface area (TPSA) is 66.0 Å². The van der Waals surface area contributed by atoms with E-state index in [0.29, 0.717) is 23.7 Å². The molecule has 0 amide bonds. The predicted octanol–water partition coefficient (Wildman–Crippen LogP) is 3.47. The SMILES string of the molecule is CCOc1ccc2c(c1)NC1=C(C(=O)OC1)C2c1cc(OC)cc(OC)c1. The number of cyclic esters (lactones) is 1. The van der Waals surface area contributed by atoms with Crippen molar-refractivity contribution in [2.45, 2.75) is 12.8 Å². The van der Waals surface area contributed by atoms with E-state index in [2.05, 4.69) is 5.32 Å². The molecular weight excluding hydrogens is 346 g/mol. The predicted molar refractivity (Wildman–Crippen MR) is 101 cm³/mol. The molecule has 0 aliphatic carbocycles. The van der Waals surface area contributed by atoms with Crippen LogP contribution in [0.25, 0.3) is 0 Å². The number of benzene rings is 2. The second-order valence-electron chi connectivity index (χ2n) is 6.35. The van der Waals surface area contributed by atoms with E-state index >= 15 is 0 Å². The van der Waals surface area contributed by atoms with Gasteiger partial charge in [0.1, 0.15) is 23.9 Å². The van der Waals surface area contributed by atoms with E-state index in [1.54, 1.807) is 14.2 Å². The summed E-state index contributed by atoms with van der Waals surface area (Å²) in [7, 11) is 3.22. The molecule has 0 saturated carbocycles. The van der Waals surface area contributed by atoms with E-state index < -0.39 is 0 Å². The number of nitrogens with one attached hydrogen (secondary N) is 1. The number of hydrogen-bond donors (Lipinski definition) is 1. The smallest absolute Gasteiger partial charge is 0.337 e. The molecule has 0 fully saturated rings. The lowest BCUT2D eigenvalue weighted by molar-refractivity contribution is -0.136. The Hall–Kier alpha value is -3.15. The monoisotopic (exact) mass is 367 g/mol. The fraction of sp³-hybridized carbons (Fsp3) is 0.286. The number of fused-ring (bicyclic) bond motifs is 1. The molecule has 1 unspecified atom stereocenters. The van der Waals surface area contributed by atoms with Gasteiger partial charge in [-0.2, -0.15) is 0 Å². The van der Waals surface area contributed by atoms with Gasteiger partial charge in [-0.25, -0.2) is 4.79 Å². The van der Waals surface area contributed by atoms with Crippen molar-refractivity contribution in [2.24, 2.45) is 0 Å². The van der Waals surface area contributed by atoms with E-state index in [0.717, 1.165) is 28.3 Å². The molecule has 0 aromatic heterocycles. The van der Waals surface area contributed by atoms with Crippen molar-refractivity contribution in [3.05, 3.63) is 58.8 Å². The average molecular weight is 367 g/mol. The molecule has 0 saturated heterocycles. The van der Waals surface area contributed by atoms with E-state index in [1.165, 1.54) is 0 Å². The Balaban J connectivity index is 1.89. The van der Waals surface area contributed by atoms with Crippen LogP contribution in [-0.4, -0.2) is 33.4 Å². The third-order valence-corrected chi connectivity index (χ3v) is 4.82. The Labute approximate surface area is 157 Å². The number of ether oxygens (including phenoxy) is 4. The van der Waals surface area contributed by atoms with Gasteiger partial charge in [0.25, 0.3) is 0 Å². The highest BCUT2D eigenvalue weighted by atomic mass is 16.5. The summed E-state index contributed by atoms with van der Waals surface area (Å²) >= 11 is 0. The molecule has 0 spiro atoms. The van der Waals surface area contributed by atoms with Crippen LogP contribution in [0.5, 0.6) is 17.2 Å². The van der Waals surface area contributed by atoms with Gasteiger partial charge in [-0.3, -0.25) is 0 Å². The first kappa shape index (κ1) is 17.3. The average Bonchev–Trinajstić information content (AvgIpc) is 3.06. The quantitative estimate of drug-likeness (QED) is 0.817. The number of methoxy groups -OCH3 is 2. The Bertz CT molecular complexity index is 912. The standard InChI is InChI=1S/C21H21NO5/c1-4-26-13-5-6-16-17(10-13)22-18-11-27-21(23)20(18)19(16)12-7-14(24-2)9-15(8-12)25-3/h5-10,19,22H,4,11H2,1-3H3. The number of carbonyl (C=O) groups excluding carboxylic acids is 1. The first-order valence-electron chi connectivity index (χ1n) is 8.81. The summed E-state index contributed by atoms with van der Waals surface area (Å²) in [4.78, 5) is 12.5. The lowest BCUT2D eigenvalue weighted by Crippen LogP contribution is -2.20. The van der Waals surface area contributed by atoms with Gasteiger partial charge >= 0.3 is 5.97 Å². The van der Waals surface area contributed by atoms with Crippen LogP contribution in [0.3, 0.4) is 0 Å². The summed E-state index contributed by atoms with van der Waals surface area (Å²) in [6, 6.07) is 11.5. The maximum Gasteiger partial charge on any atom is 0.337 e. The largest absolute Gasteiger partial charge is 0.497 e. The van der Waals surface area contributed by atoms with Gasteiger partial charge in [-0.1, -0.05) is 6.07 Å². The number of hydrogen-bond acceptors (Lipinski definition) is 6. The molecule has 2 heterocycles. The van der Waals surface area contributed by atoms with Crippen molar-refractivity contribution in [2.75, 3.05) is 32.8 Å². The van der Waals surface area contributed by atoms with Crippen LogP contribution in [0.4, 0.5) is 5.69 Å². The van der Waals surface area contributed by atoms with Crippen molar-refractivity contribution < 1.29 is 23.7 Å². The minimum absolute atomic E-state index is 0.240. The lowest BCUT2D eigenvalue weighted by atomic mass is 9.81. The highest BCUT2D eigenvalue weighted by Crippen LogP contribution is 2.46. The summed E-state index contributed by atoms with van der Waals surface area (Å²) in [5.74, 6) is 1.54. The molecule has 140 valence electrons. The second kappa shape index (κ2) is 6.87. The minimum Gasteiger partial charge on any atom is -0.497 e. The van der Waals surface area contributed by atoms with Gasteiger partial charge in [0.15, 0.2) is 0 Å². The maximum atomic E-state index is 12.5. The maximum absolute atomic E-state index is 12.5. The molecule has 1 N–H and O–H groups in total. The van der Waals surface area contributed by atoms with Crippen molar-refractivity contribution in [3.8, 4) is 17.2 Å². The molecule has 1 atom stereocenters. The third kappa shape index (κ3) is 2.97. The molecule has 2 aromatic carbocycles. The molecule has 4 rings (SSSR count). The van der Waals surface area contributed by atoms with Gasteiger partial charge in [0.05, 0.1) is 32.1 Å². The number of carbonyl (C=O) groups is 1. The molecule has 0 bridgehead atoms. The zero-order chi connectivity index (χ0) is 19.0. The molecule has 6 heteroatoms. The third-order valence-electron chi connectivity index (χ3n) is 4.82. The van der Waals surface area contributed by atoms with Crippen molar-refractivity contribution in [3.63, 3.8) is 0 Å². The van der Waals surface area contributed by atoms with Crippen LogP contribution in [0, 0.1) is 0 Å². The highest BCUT2D eigenvalue weighted by molar-refractivity contribution is 5.97. The zero-order valence-corrected chi connectivity index (χ0v) is 15.5. The van der Waals surface area contributed by atoms with E-state index in [4.69, 9.17) is 18.9 Å². The van der Waals surface area contributed by atoms with Crippen LogP contribution >= 0.6 is 0 Å². The Morgan fingerprint density at radius 1 is 1.07 bits per heavy atom. The summed E-state index contributed by atoms with van der Waals surface area (Å²) in [6.45, 7) is 2.78. The Kier molecular flexibility index (Phi) is 4.39. The number of anilines is 1. The molecule has 2 aliphatic rings. The van der Waals surface area contributed by atoms with Crippen LogP contribution < -0.4 is 19.5 Å². The lowest BCUT2D eigenvalue weighted by Gasteiger charge is -2.28. The van der Waals surface area contributed by atoms with Crippen LogP contribution in [0.1, 0.15) is 24.0 Å². The summed E-state index contributed by atoms with van der Waals surface area (Å²) in [5.41, 5.74) is 4.20. The molecule has 2 aromatic rings. The van der Waals surface area contributed by atoms with Gasteiger partial charge < -0.3 is 24.3 Å². The number of rotatable bonds is 5. The molecule has 27 heavy (non-hydrogen) atoms. The van der Waals surface area contributed by atoms with E-state index in [-0.39, 0.29) is 18.5 Å². The zero-order valence-electron chi connectivity index (χ0n) is 15.5. The van der Waals surface area contributed by atoms with Gasteiger partial charge in [0, 0.05) is 23.7 Å². The van der Waals surface area contributed by atoms with Crippen molar-refractivity contribution >= 4 is 11.7 Å². The molecule has 2 aliphatic heterocycles. The fourth-order valence-electron chi connectivity index (χ4n) is 3.62. The van der Waals surface area contributed by atoms with E-state index in [1.807, 2.05) is 43.3 Å². The van der Waals surface area contributed by atoms with Crippen LogP contribution in [0.2, 0.25) is 0 Å². The summed E-state index contributed by atoms with van der Waals surface area (Å²) < 4.78 is 21.8. The normalized spacial score (nSPS) is 17.6. The first-order chi connectivity index (χ1) is 13.1. The van der Waals surface area contributed by atoms with E-state index in [9.17, 15) is 4.79 Å². The van der Waals surface area contributed by atoms with Gasteiger partial charge in [-0.05, 0) is 36.2 Å². The molecular formula is C21H21NO5. The van der Waals surface area contributed by atoms with Crippen molar-refractivity contribution in [1.29, 1.82) is 0 Å². The Morgan fingerprint density at radius 3 is 2.48 bits per heavy atom. The second-order valence-corrected chi connectivity index (χ2v) is 6.35. The van der Waals surface area contributed by atoms with Crippen LogP contribution in [0.15, 0.2) is 47.7 Å². The minimum atomic E-state index is -0.302. The van der Waals surface area contributed by atoms with Crippen LogP contribution in [-0.2, 0) is 9.53 Å². The highest BCUT2D eigenvalue weighted by Gasteiger charge is 2.38. The van der Waals surface area contributed by atoms with Gasteiger partial charge in [0.2, 0.25) is 0 Å². The number of esters is 1. The first-order valence-corrected chi connectivity index (χ1v) is 8.81. The molecule has 0 radical (unpaired) electrons. The summed E-state index contributed by atoms with van der Waals surface area (Å²) in [6.07, 6.45) is 0. The van der Waals surface area contributed by atoms with Gasteiger partial charge in [-0.15, -0.1) is 0 Å². The molecule has 6 nitrogen and oxygen atoms in total. The summed E-state index contributed by atoms with van der Waals surface area (Å²) in [5, 5.41) is 3.34. The fourth-order valence-corrected chi connectivity index (χ4v) is 3.62. The Morgan fingerprint density at radius 2 is 1.81 bits per heavy atom. The van der Waals surface area contributed by atoms with Crippen molar-refractivity contribution in [1.82, 2.24) is 0 Å².